The third kappa shape index (κ3) is 6.13. The third-order valence-corrected chi connectivity index (χ3v) is 4.61. The Hall–Kier alpha value is -2.74. The highest BCUT2D eigenvalue weighted by Gasteiger charge is 2.35. The van der Waals surface area contributed by atoms with Gasteiger partial charge in [0.1, 0.15) is 11.6 Å². The van der Waals surface area contributed by atoms with E-state index in [9.17, 15) is 14.4 Å². The van der Waals surface area contributed by atoms with Gasteiger partial charge in [0.15, 0.2) is 11.3 Å². The van der Waals surface area contributed by atoms with Gasteiger partial charge in [0.05, 0.1) is 17.1 Å². The molecule has 1 unspecified atom stereocenters. The van der Waals surface area contributed by atoms with Crippen LogP contribution in [-0.2, 0) is 9.53 Å². The van der Waals surface area contributed by atoms with Crippen LogP contribution in [0.15, 0.2) is 29.1 Å². The number of ether oxygens (including phenoxy) is 2. The number of primary amides is 1. The van der Waals surface area contributed by atoms with Gasteiger partial charge in [-0.1, -0.05) is 17.7 Å². The van der Waals surface area contributed by atoms with E-state index < -0.39 is 23.6 Å². The van der Waals surface area contributed by atoms with Crippen LogP contribution in [0.3, 0.4) is 0 Å². The number of halogens is 1. The number of fused-ring (bicyclic) bond motifs is 1. The van der Waals surface area contributed by atoms with Gasteiger partial charge in [-0.25, -0.2) is 4.79 Å². The lowest BCUT2D eigenvalue weighted by molar-refractivity contribution is -0.122. The molecule has 0 radical (unpaired) electrons. The summed E-state index contributed by atoms with van der Waals surface area (Å²) in [6.07, 6.45) is 0.977. The van der Waals surface area contributed by atoms with E-state index >= 15 is 0 Å². The number of hydrogen-bond acceptors (Lipinski definition) is 5. The van der Waals surface area contributed by atoms with Crippen molar-refractivity contribution in [2.45, 2.75) is 52.2 Å². The molecule has 2 heterocycles. The fraction of sp³-hybridized carbons (Fsp3) is 0.476. The average Bonchev–Trinajstić information content (AvgIpc) is 3.13. The predicted molar refractivity (Wildman–Crippen MR) is 116 cm³/mol. The van der Waals surface area contributed by atoms with Crippen LogP contribution >= 0.6 is 11.6 Å². The summed E-state index contributed by atoms with van der Waals surface area (Å²) in [6.45, 7) is 8.28. The Morgan fingerprint density at radius 2 is 2.03 bits per heavy atom. The number of benzene rings is 1. The first kappa shape index (κ1) is 23.5. The van der Waals surface area contributed by atoms with E-state index in [4.69, 9.17) is 26.8 Å². The van der Waals surface area contributed by atoms with Crippen LogP contribution in [0, 0.1) is 0 Å². The van der Waals surface area contributed by atoms with E-state index in [1.54, 1.807) is 39.0 Å². The van der Waals surface area contributed by atoms with Gasteiger partial charge in [0, 0.05) is 18.0 Å². The topological polar surface area (TPSA) is 115 Å². The number of aromatic nitrogens is 1. The molecule has 3 rings (SSSR count). The summed E-state index contributed by atoms with van der Waals surface area (Å²) in [7, 11) is 0. The second-order valence-electron chi connectivity index (χ2n) is 7.83. The Bertz CT molecular complexity index is 967. The van der Waals surface area contributed by atoms with Crippen molar-refractivity contribution in [2.75, 3.05) is 13.2 Å². The molecule has 164 valence electrons. The number of nitrogens with zero attached hydrogens (tertiary/aromatic N) is 1. The number of H-pyrrole nitrogens is 1. The molecule has 2 aromatic rings. The molecule has 0 saturated carbocycles. The molecule has 1 fully saturated rings. The van der Waals surface area contributed by atoms with Crippen LogP contribution in [0.4, 0.5) is 4.79 Å². The maximum absolute atomic E-state index is 11.7. The largest absolute Gasteiger partial charge is 0.479 e. The summed E-state index contributed by atoms with van der Waals surface area (Å²) < 4.78 is 10.4. The summed E-state index contributed by atoms with van der Waals surface area (Å²) in [6, 6.07) is 6.15. The summed E-state index contributed by atoms with van der Waals surface area (Å²) in [5.41, 5.74) is 5.19. The monoisotopic (exact) mass is 437 g/mol. The zero-order valence-electron chi connectivity index (χ0n) is 17.7. The second-order valence-corrected chi connectivity index (χ2v) is 8.23. The number of nitrogens with one attached hydrogen (secondary N) is 1. The van der Waals surface area contributed by atoms with Crippen molar-refractivity contribution < 1.29 is 19.1 Å². The Kier molecular flexibility index (Phi) is 7.72. The van der Waals surface area contributed by atoms with Crippen molar-refractivity contribution in [3.8, 4) is 5.88 Å². The zero-order chi connectivity index (χ0) is 22.5. The fourth-order valence-corrected chi connectivity index (χ4v) is 3.27. The number of hydrogen-bond donors (Lipinski definition) is 2. The second kappa shape index (κ2) is 9.84. The Labute approximate surface area is 180 Å². The number of rotatable bonds is 3. The molecule has 1 atom stereocenters. The molecule has 30 heavy (non-hydrogen) atoms. The van der Waals surface area contributed by atoms with Gasteiger partial charge in [0.2, 0.25) is 5.91 Å². The van der Waals surface area contributed by atoms with Crippen LogP contribution < -0.4 is 15.9 Å². The van der Waals surface area contributed by atoms with Crippen molar-refractivity contribution >= 4 is 34.5 Å². The molecule has 1 aromatic carbocycles. The van der Waals surface area contributed by atoms with E-state index in [-0.39, 0.29) is 5.43 Å². The van der Waals surface area contributed by atoms with Crippen molar-refractivity contribution in [1.29, 1.82) is 0 Å². The minimum Gasteiger partial charge on any atom is -0.479 e. The molecule has 0 spiro atoms. The number of pyridine rings is 1. The Morgan fingerprint density at radius 3 is 2.63 bits per heavy atom. The van der Waals surface area contributed by atoms with E-state index in [0.29, 0.717) is 41.4 Å². The normalized spacial score (nSPS) is 16.0. The summed E-state index contributed by atoms with van der Waals surface area (Å²) >= 11 is 5.98. The van der Waals surface area contributed by atoms with Crippen molar-refractivity contribution in [3.05, 3.63) is 39.5 Å². The van der Waals surface area contributed by atoms with Crippen LogP contribution in [0.25, 0.3) is 10.9 Å². The number of carbonyl (C=O) groups is 2. The molecule has 2 amide bonds. The fourth-order valence-electron chi connectivity index (χ4n) is 3.05. The molecule has 1 aliphatic heterocycles. The summed E-state index contributed by atoms with van der Waals surface area (Å²) in [5, 5.41) is 1.09. The van der Waals surface area contributed by atoms with Crippen LogP contribution in [0.2, 0.25) is 5.02 Å². The molecular weight excluding hydrogens is 410 g/mol. The highest BCUT2D eigenvalue weighted by Crippen LogP contribution is 2.21. The first-order chi connectivity index (χ1) is 14.0. The first-order valence-electron chi connectivity index (χ1n) is 9.76. The SMILES string of the molecule is CC(C)(C)OC(=O)N1CCCC1C(N)=O.CCOc1cc(=O)c2cccc(Cl)c2[nH]1. The molecule has 1 aliphatic rings. The number of aromatic amines is 1. The maximum Gasteiger partial charge on any atom is 0.410 e. The minimum atomic E-state index is -0.540. The van der Waals surface area contributed by atoms with Gasteiger partial charge >= 0.3 is 6.09 Å². The lowest BCUT2D eigenvalue weighted by atomic mass is 10.2. The highest BCUT2D eigenvalue weighted by atomic mass is 35.5. The van der Waals surface area contributed by atoms with E-state index in [0.717, 1.165) is 6.42 Å². The molecule has 9 heteroatoms. The van der Waals surface area contributed by atoms with Gasteiger partial charge in [-0.15, -0.1) is 0 Å². The predicted octanol–water partition coefficient (Wildman–Crippen LogP) is 3.45. The smallest absolute Gasteiger partial charge is 0.410 e. The van der Waals surface area contributed by atoms with Crippen LogP contribution in [0.5, 0.6) is 5.88 Å². The van der Waals surface area contributed by atoms with Gasteiger partial charge in [0.25, 0.3) is 0 Å². The number of likely N-dealkylation sites (tertiary alicyclic amines) is 1. The lowest BCUT2D eigenvalue weighted by Gasteiger charge is -2.27. The molecule has 3 N–H and O–H groups in total. The van der Waals surface area contributed by atoms with Crippen molar-refractivity contribution in [1.82, 2.24) is 9.88 Å². The molecule has 1 saturated heterocycles. The van der Waals surface area contributed by atoms with E-state index in [1.807, 2.05) is 6.92 Å². The van der Waals surface area contributed by atoms with Crippen LogP contribution in [0.1, 0.15) is 40.5 Å². The van der Waals surface area contributed by atoms with E-state index in [1.165, 1.54) is 11.0 Å². The maximum atomic E-state index is 11.7. The van der Waals surface area contributed by atoms with E-state index in [2.05, 4.69) is 4.98 Å². The highest BCUT2D eigenvalue weighted by molar-refractivity contribution is 6.35. The van der Waals surface area contributed by atoms with Gasteiger partial charge < -0.3 is 20.2 Å². The zero-order valence-corrected chi connectivity index (χ0v) is 18.4. The number of nitrogens with two attached hydrogens (primary N) is 1. The molecule has 0 aliphatic carbocycles. The van der Waals surface area contributed by atoms with Crippen molar-refractivity contribution in [2.24, 2.45) is 5.73 Å². The lowest BCUT2D eigenvalue weighted by Crippen LogP contribution is -2.45. The van der Waals surface area contributed by atoms with Gasteiger partial charge in [-0.05, 0) is 52.7 Å². The number of para-hydroxylation sites is 1. The van der Waals surface area contributed by atoms with Crippen LogP contribution in [-0.4, -0.2) is 46.7 Å². The molecule has 0 bridgehead atoms. The van der Waals surface area contributed by atoms with Crippen molar-refractivity contribution in [3.63, 3.8) is 0 Å². The average molecular weight is 438 g/mol. The molecule has 1 aromatic heterocycles. The molecule has 8 nitrogen and oxygen atoms in total. The number of carbonyl (C=O) groups excluding carboxylic acids is 2. The molecular formula is C21H28ClN3O5. The van der Waals surface area contributed by atoms with Gasteiger partial charge in [-0.2, -0.15) is 0 Å². The summed E-state index contributed by atoms with van der Waals surface area (Å²) in [5.74, 6) is -0.0125. The number of amides is 2. The third-order valence-electron chi connectivity index (χ3n) is 4.30. The minimum absolute atomic E-state index is 0.0882. The summed E-state index contributed by atoms with van der Waals surface area (Å²) in [4.78, 5) is 38.8. The Balaban J connectivity index is 0.000000214. The van der Waals surface area contributed by atoms with Gasteiger partial charge in [-0.3, -0.25) is 14.5 Å². The Morgan fingerprint density at radius 1 is 1.33 bits per heavy atom. The standard InChI is InChI=1S/C11H10ClNO2.C10H18N2O3/c1-2-15-10-6-9(14)7-4-3-5-8(12)11(7)13-10;1-10(2,3)15-9(14)12-6-4-5-7(12)8(11)13/h3-6H,2H2,1H3,(H,13,14);7H,4-6H2,1-3H3,(H2,11,13). The quantitative estimate of drug-likeness (QED) is 0.763. The first-order valence-corrected chi connectivity index (χ1v) is 10.1.